The Bertz CT molecular complexity index is 913. The van der Waals surface area contributed by atoms with Gasteiger partial charge in [0.25, 0.3) is 5.91 Å². The highest BCUT2D eigenvalue weighted by molar-refractivity contribution is 6.00. The van der Waals surface area contributed by atoms with Crippen LogP contribution in [0, 0.1) is 5.92 Å². The van der Waals surface area contributed by atoms with E-state index < -0.39 is 0 Å². The number of benzene rings is 1. The van der Waals surface area contributed by atoms with Gasteiger partial charge in [-0.05, 0) is 44.8 Å². The van der Waals surface area contributed by atoms with E-state index in [2.05, 4.69) is 15.4 Å². The van der Waals surface area contributed by atoms with Gasteiger partial charge in [-0.15, -0.1) is 0 Å². The summed E-state index contributed by atoms with van der Waals surface area (Å²) in [5, 5.41) is 7.68. The van der Waals surface area contributed by atoms with Gasteiger partial charge in [0.05, 0.1) is 11.9 Å². The average Bonchev–Trinajstić information content (AvgIpc) is 3.17. The zero-order valence-corrected chi connectivity index (χ0v) is 15.6. The van der Waals surface area contributed by atoms with E-state index in [4.69, 9.17) is 0 Å². The van der Waals surface area contributed by atoms with Crippen LogP contribution in [0.1, 0.15) is 29.6 Å². The summed E-state index contributed by atoms with van der Waals surface area (Å²) in [6, 6.07) is 12.0. The van der Waals surface area contributed by atoms with Gasteiger partial charge >= 0.3 is 0 Å². The van der Waals surface area contributed by atoms with Crippen LogP contribution in [0.25, 0.3) is 16.9 Å². The van der Waals surface area contributed by atoms with E-state index in [9.17, 15) is 4.79 Å². The van der Waals surface area contributed by atoms with Crippen molar-refractivity contribution in [2.45, 2.75) is 19.3 Å². The number of hydrogen-bond donors (Lipinski definition) is 1. The molecule has 1 fully saturated rings. The van der Waals surface area contributed by atoms with Crippen molar-refractivity contribution in [3.05, 3.63) is 54.4 Å². The molecule has 3 aromatic rings. The number of fused-ring (bicyclic) bond motifs is 1. The summed E-state index contributed by atoms with van der Waals surface area (Å²) in [6.07, 6.45) is 6.71. The van der Waals surface area contributed by atoms with Crippen LogP contribution in [0.2, 0.25) is 0 Å². The summed E-state index contributed by atoms with van der Waals surface area (Å²) in [6.45, 7) is 2.66. The number of piperidine rings is 1. The van der Waals surface area contributed by atoms with Crippen molar-refractivity contribution < 1.29 is 4.79 Å². The molecule has 1 aliphatic rings. The Morgan fingerprint density at radius 2 is 1.96 bits per heavy atom. The van der Waals surface area contributed by atoms with Gasteiger partial charge in [0, 0.05) is 24.8 Å². The molecule has 3 heterocycles. The maximum atomic E-state index is 13.1. The largest absolute Gasteiger partial charge is 0.338 e. The van der Waals surface area contributed by atoms with E-state index in [0.717, 1.165) is 43.7 Å². The number of aromatic nitrogens is 3. The van der Waals surface area contributed by atoms with Crippen LogP contribution in [0.3, 0.4) is 0 Å². The van der Waals surface area contributed by atoms with Crippen molar-refractivity contribution in [1.82, 2.24) is 24.8 Å². The number of amides is 1. The zero-order chi connectivity index (χ0) is 18.6. The molecule has 0 unspecified atom stereocenters. The number of rotatable bonds is 5. The molecule has 6 nitrogen and oxygen atoms in total. The lowest BCUT2D eigenvalue weighted by Crippen LogP contribution is -2.39. The normalized spacial score (nSPS) is 15.4. The van der Waals surface area contributed by atoms with Crippen molar-refractivity contribution in [1.29, 1.82) is 0 Å². The van der Waals surface area contributed by atoms with E-state index in [1.165, 1.54) is 6.42 Å². The molecule has 2 aromatic heterocycles. The molecule has 1 aromatic carbocycles. The molecular weight excluding hydrogens is 338 g/mol. The van der Waals surface area contributed by atoms with Crippen molar-refractivity contribution >= 4 is 11.6 Å². The molecule has 140 valence electrons. The number of carbonyl (C=O) groups excluding carboxylic acids is 1. The minimum atomic E-state index is 0.0368. The van der Waals surface area contributed by atoms with Crippen LogP contribution in [-0.2, 0) is 0 Å². The Labute approximate surface area is 159 Å². The fraction of sp³-hybridized carbons (Fsp3) is 0.381. The predicted octanol–water partition coefficient (Wildman–Crippen LogP) is 2.86. The highest BCUT2D eigenvalue weighted by atomic mass is 16.2. The predicted molar refractivity (Wildman–Crippen MR) is 106 cm³/mol. The first kappa shape index (κ1) is 17.7. The third kappa shape index (κ3) is 3.57. The Morgan fingerprint density at radius 3 is 2.70 bits per heavy atom. The summed E-state index contributed by atoms with van der Waals surface area (Å²) in [5.41, 5.74) is 3.20. The maximum Gasteiger partial charge on any atom is 0.259 e. The van der Waals surface area contributed by atoms with E-state index in [1.807, 2.05) is 48.3 Å². The van der Waals surface area contributed by atoms with Gasteiger partial charge in [-0.3, -0.25) is 4.79 Å². The molecule has 0 atom stereocenters. The van der Waals surface area contributed by atoms with Crippen LogP contribution in [0.5, 0.6) is 0 Å². The number of likely N-dealkylation sites (tertiary alicyclic amines) is 1. The summed E-state index contributed by atoms with van der Waals surface area (Å²) in [4.78, 5) is 19.5. The number of carbonyl (C=O) groups is 1. The zero-order valence-electron chi connectivity index (χ0n) is 15.6. The lowest BCUT2D eigenvalue weighted by atomic mass is 9.93. The van der Waals surface area contributed by atoms with Crippen LogP contribution < -0.4 is 5.32 Å². The molecule has 0 saturated carbocycles. The van der Waals surface area contributed by atoms with Crippen LogP contribution in [0.4, 0.5) is 0 Å². The first-order valence-corrected chi connectivity index (χ1v) is 9.60. The Morgan fingerprint density at radius 1 is 1.19 bits per heavy atom. The fourth-order valence-corrected chi connectivity index (χ4v) is 3.81. The maximum absolute atomic E-state index is 13.1. The third-order valence-corrected chi connectivity index (χ3v) is 5.41. The SMILES string of the molecule is CNCCC1CCN(C(=O)c2cnn3c(-c4ccccc4)ccnc23)CC1. The molecule has 0 radical (unpaired) electrons. The van der Waals surface area contributed by atoms with Gasteiger partial charge in [-0.2, -0.15) is 5.10 Å². The monoisotopic (exact) mass is 363 g/mol. The molecule has 27 heavy (non-hydrogen) atoms. The standard InChI is InChI=1S/C21H25N5O/c1-22-11-7-16-9-13-25(14-10-16)21(27)18-15-24-26-19(8-12-23-20(18)26)17-5-3-2-4-6-17/h2-6,8,12,15-16,22H,7,9-11,13-14H2,1H3. The Kier molecular flexibility index (Phi) is 5.16. The summed E-state index contributed by atoms with van der Waals surface area (Å²) < 4.78 is 1.77. The fourth-order valence-electron chi connectivity index (χ4n) is 3.81. The summed E-state index contributed by atoms with van der Waals surface area (Å²) in [7, 11) is 1.99. The van der Waals surface area contributed by atoms with Gasteiger partial charge in [0.15, 0.2) is 5.65 Å². The van der Waals surface area contributed by atoms with Crippen LogP contribution in [-0.4, -0.2) is 52.1 Å². The smallest absolute Gasteiger partial charge is 0.259 e. The molecule has 1 aliphatic heterocycles. The van der Waals surface area contributed by atoms with Gasteiger partial charge < -0.3 is 10.2 Å². The number of nitrogens with zero attached hydrogens (tertiary/aromatic N) is 4. The first-order valence-electron chi connectivity index (χ1n) is 9.60. The summed E-state index contributed by atoms with van der Waals surface area (Å²) in [5.74, 6) is 0.739. The van der Waals surface area contributed by atoms with Gasteiger partial charge in [-0.25, -0.2) is 9.50 Å². The van der Waals surface area contributed by atoms with Gasteiger partial charge in [0.1, 0.15) is 5.56 Å². The highest BCUT2D eigenvalue weighted by Gasteiger charge is 2.26. The summed E-state index contributed by atoms with van der Waals surface area (Å²) >= 11 is 0. The number of nitrogens with one attached hydrogen (secondary N) is 1. The molecule has 0 bridgehead atoms. The van der Waals surface area contributed by atoms with Crippen molar-refractivity contribution in [3.63, 3.8) is 0 Å². The second-order valence-electron chi connectivity index (χ2n) is 7.12. The Balaban J connectivity index is 1.56. The van der Waals surface area contributed by atoms with Crippen molar-refractivity contribution in [2.75, 3.05) is 26.7 Å². The minimum absolute atomic E-state index is 0.0368. The van der Waals surface area contributed by atoms with Crippen molar-refractivity contribution in [2.24, 2.45) is 5.92 Å². The molecule has 4 rings (SSSR count). The first-order chi connectivity index (χ1) is 13.3. The molecule has 1 N–H and O–H groups in total. The topological polar surface area (TPSA) is 62.5 Å². The van der Waals surface area contributed by atoms with Crippen molar-refractivity contribution in [3.8, 4) is 11.3 Å². The van der Waals surface area contributed by atoms with E-state index in [-0.39, 0.29) is 5.91 Å². The molecule has 1 saturated heterocycles. The second kappa shape index (κ2) is 7.88. The minimum Gasteiger partial charge on any atom is -0.338 e. The van der Waals surface area contributed by atoms with Gasteiger partial charge in [0.2, 0.25) is 0 Å². The molecule has 6 heteroatoms. The highest BCUT2D eigenvalue weighted by Crippen LogP contribution is 2.24. The number of hydrogen-bond acceptors (Lipinski definition) is 4. The third-order valence-electron chi connectivity index (χ3n) is 5.41. The van der Waals surface area contributed by atoms with Crippen LogP contribution in [0.15, 0.2) is 48.8 Å². The van der Waals surface area contributed by atoms with E-state index >= 15 is 0 Å². The second-order valence-corrected chi connectivity index (χ2v) is 7.12. The molecule has 0 aliphatic carbocycles. The lowest BCUT2D eigenvalue weighted by molar-refractivity contribution is 0.0689. The lowest BCUT2D eigenvalue weighted by Gasteiger charge is -2.31. The van der Waals surface area contributed by atoms with Crippen LogP contribution >= 0.6 is 0 Å². The van der Waals surface area contributed by atoms with E-state index in [1.54, 1.807) is 16.9 Å². The molecular formula is C21H25N5O. The van der Waals surface area contributed by atoms with E-state index in [0.29, 0.717) is 17.1 Å². The molecule has 1 amide bonds. The average molecular weight is 363 g/mol. The molecule has 0 spiro atoms. The quantitative estimate of drug-likeness (QED) is 0.757. The van der Waals surface area contributed by atoms with Gasteiger partial charge in [-0.1, -0.05) is 30.3 Å². The Hall–Kier alpha value is -2.73.